The summed E-state index contributed by atoms with van der Waals surface area (Å²) in [5.41, 5.74) is 8.53. The maximum absolute atomic E-state index is 13.1. The predicted octanol–water partition coefficient (Wildman–Crippen LogP) is 2.40. The number of hydrogen-bond acceptors (Lipinski definition) is 10. The van der Waals surface area contributed by atoms with E-state index in [2.05, 4.69) is 20.3 Å². The molecule has 0 amide bonds. The molecule has 0 radical (unpaired) electrons. The normalized spacial score (nSPS) is 22.1. The van der Waals surface area contributed by atoms with Gasteiger partial charge >= 0.3 is 23.6 Å². The molecule has 0 saturated carbocycles. The van der Waals surface area contributed by atoms with Crippen molar-refractivity contribution in [2.24, 2.45) is 5.11 Å². The van der Waals surface area contributed by atoms with Crippen molar-refractivity contribution >= 4 is 23.7 Å². The molecule has 3 aromatic rings. The molecule has 0 spiro atoms. The summed E-state index contributed by atoms with van der Waals surface area (Å²) in [6.07, 6.45) is -5.60. The monoisotopic (exact) mass is 534 g/mol. The number of hydrogen-bond donors (Lipinski definition) is 2. The lowest BCUT2D eigenvalue weighted by molar-refractivity contribution is -0.216. The second-order valence-electron chi connectivity index (χ2n) is 8.21. The van der Waals surface area contributed by atoms with Gasteiger partial charge in [0.2, 0.25) is 0 Å². The molecule has 0 aliphatic carbocycles. The van der Waals surface area contributed by atoms with Gasteiger partial charge < -0.3 is 24.6 Å². The highest BCUT2D eigenvalue weighted by Gasteiger charge is 2.53. The van der Waals surface area contributed by atoms with E-state index < -0.39 is 54.2 Å². The molecule has 2 heterocycles. The molecule has 14 heteroatoms. The lowest BCUT2D eigenvalue weighted by atomic mass is 9.95. The molecule has 1 fully saturated rings. The molecule has 1 aromatic heterocycles. The van der Waals surface area contributed by atoms with E-state index in [1.807, 2.05) is 0 Å². The first-order valence-electron chi connectivity index (χ1n) is 11.6. The summed E-state index contributed by atoms with van der Waals surface area (Å²) in [7, 11) is 1.54. The smallest absolute Gasteiger partial charge is 0.351 e. The number of nitrogens with zero attached hydrogens (tertiary/aromatic N) is 5. The molecule has 0 bridgehead atoms. The number of anilines is 1. The third-order valence-corrected chi connectivity index (χ3v) is 5.83. The fourth-order valence-electron chi connectivity index (χ4n) is 3.99. The molecule has 39 heavy (non-hydrogen) atoms. The van der Waals surface area contributed by atoms with Gasteiger partial charge in [-0.2, -0.15) is 4.98 Å². The van der Waals surface area contributed by atoms with Crippen molar-refractivity contribution in [2.75, 3.05) is 12.4 Å². The number of azide groups is 1. The van der Waals surface area contributed by atoms with Crippen molar-refractivity contribution in [1.29, 1.82) is 0 Å². The minimum Gasteiger partial charge on any atom is -0.479 e. The third-order valence-electron chi connectivity index (χ3n) is 5.83. The van der Waals surface area contributed by atoms with Crippen molar-refractivity contribution < 1.29 is 33.7 Å². The summed E-state index contributed by atoms with van der Waals surface area (Å²) in [6.45, 7) is 0. The van der Waals surface area contributed by atoms with Gasteiger partial charge in [-0.1, -0.05) is 41.5 Å². The number of carboxylic acid groups (broad SMARTS) is 1. The van der Waals surface area contributed by atoms with E-state index >= 15 is 0 Å². The number of ether oxygens (including phenoxy) is 3. The zero-order valence-corrected chi connectivity index (χ0v) is 20.4. The number of carbonyl (C=O) groups excluding carboxylic acids is 2. The Balaban J connectivity index is 1.84. The second kappa shape index (κ2) is 11.9. The number of rotatable bonds is 8. The summed E-state index contributed by atoms with van der Waals surface area (Å²) in [6, 6.07) is 15.2. The number of esters is 2. The van der Waals surface area contributed by atoms with Crippen LogP contribution in [-0.4, -0.2) is 64.0 Å². The largest absolute Gasteiger partial charge is 0.479 e. The fraction of sp³-hybridized carbons (Fsp3) is 0.240. The van der Waals surface area contributed by atoms with Gasteiger partial charge in [0.05, 0.1) is 11.1 Å². The van der Waals surface area contributed by atoms with Gasteiger partial charge in [0.15, 0.2) is 24.5 Å². The molecule has 200 valence electrons. The minimum absolute atomic E-state index is 0.0949. The van der Waals surface area contributed by atoms with Crippen LogP contribution in [0.4, 0.5) is 5.82 Å². The first-order chi connectivity index (χ1) is 18.8. The Kier molecular flexibility index (Phi) is 8.19. The first kappa shape index (κ1) is 26.9. The van der Waals surface area contributed by atoms with Gasteiger partial charge in [-0.3, -0.25) is 4.57 Å². The van der Waals surface area contributed by atoms with Crippen LogP contribution in [0.2, 0.25) is 0 Å². The van der Waals surface area contributed by atoms with Crippen LogP contribution in [0.3, 0.4) is 0 Å². The summed E-state index contributed by atoms with van der Waals surface area (Å²) in [5, 5.41) is 16.1. The van der Waals surface area contributed by atoms with Crippen molar-refractivity contribution in [3.8, 4) is 0 Å². The summed E-state index contributed by atoms with van der Waals surface area (Å²) < 4.78 is 17.9. The Bertz CT molecular complexity index is 1460. The number of benzene rings is 2. The number of aliphatic carboxylic acids is 1. The Hall–Kier alpha value is -5.20. The first-order valence-corrected chi connectivity index (χ1v) is 11.6. The highest BCUT2D eigenvalue weighted by molar-refractivity contribution is 5.90. The van der Waals surface area contributed by atoms with Crippen LogP contribution < -0.4 is 11.0 Å². The Labute approximate surface area is 220 Å². The van der Waals surface area contributed by atoms with E-state index in [0.717, 1.165) is 4.57 Å². The minimum atomic E-state index is -1.89. The molecule has 4 rings (SSSR count). The average Bonchev–Trinajstić information content (AvgIpc) is 2.95. The maximum atomic E-state index is 13.1. The molecule has 5 atom stereocenters. The Morgan fingerprint density at radius 1 is 1.00 bits per heavy atom. The van der Waals surface area contributed by atoms with Gasteiger partial charge in [-0.25, -0.2) is 19.2 Å². The molecular formula is C25H22N6O8. The predicted molar refractivity (Wildman–Crippen MR) is 134 cm³/mol. The van der Waals surface area contributed by atoms with E-state index in [0.29, 0.717) is 0 Å². The zero-order valence-electron chi connectivity index (χ0n) is 20.4. The van der Waals surface area contributed by atoms with Crippen LogP contribution in [0.5, 0.6) is 0 Å². The Morgan fingerprint density at radius 3 is 2.05 bits per heavy atom. The standard InChI is InChI=1S/C25H22N6O8/c1-27-16-12-13-31(25(36)28-16)21-20(39-24(35)15-10-6-3-7-11-15)18(17(29-30-26)19(37-21)22(32)33)38-23(34)14-8-4-2-5-9-14/h2-13,17-21H,1H3,(H,32,33)(H,27,28,36)/t17-,18-,19-,20+,21+/m0/s1. The highest BCUT2D eigenvalue weighted by Crippen LogP contribution is 2.35. The molecule has 1 aliphatic rings. The number of carbonyl (C=O) groups is 3. The molecule has 1 aliphatic heterocycles. The van der Waals surface area contributed by atoms with Crippen LogP contribution in [0.15, 0.2) is 82.8 Å². The van der Waals surface area contributed by atoms with Crippen LogP contribution >= 0.6 is 0 Å². The van der Waals surface area contributed by atoms with E-state index in [4.69, 9.17) is 14.2 Å². The van der Waals surface area contributed by atoms with Crippen molar-refractivity contribution in [1.82, 2.24) is 9.55 Å². The van der Waals surface area contributed by atoms with Gasteiger partial charge in [0, 0.05) is 18.2 Å². The maximum Gasteiger partial charge on any atom is 0.351 e. The number of nitrogens with one attached hydrogen (secondary N) is 1. The SMILES string of the molecule is CNc1ccn([C@@H]2O[C@H](C(=O)O)[C@@H](N=[N+]=[N-])[C@H](OC(=O)c3ccccc3)[C@H]2OC(=O)c2ccccc2)c(=O)n1. The molecule has 14 nitrogen and oxygen atoms in total. The lowest BCUT2D eigenvalue weighted by Gasteiger charge is -2.42. The summed E-state index contributed by atoms with van der Waals surface area (Å²) in [5.74, 6) is -3.17. The molecular weight excluding hydrogens is 512 g/mol. The van der Waals surface area contributed by atoms with E-state index in [9.17, 15) is 29.8 Å². The Morgan fingerprint density at radius 2 is 1.56 bits per heavy atom. The molecule has 1 saturated heterocycles. The van der Waals surface area contributed by atoms with Gasteiger partial charge in [0.25, 0.3) is 0 Å². The lowest BCUT2D eigenvalue weighted by Crippen LogP contribution is -2.60. The van der Waals surface area contributed by atoms with Crippen molar-refractivity contribution in [3.05, 3.63) is 105 Å². The van der Waals surface area contributed by atoms with Crippen LogP contribution in [0.1, 0.15) is 26.9 Å². The molecule has 2 N–H and O–H groups in total. The number of aromatic nitrogens is 2. The molecule has 0 unspecified atom stereocenters. The van der Waals surface area contributed by atoms with Gasteiger partial charge in [0.1, 0.15) is 11.9 Å². The molecule has 2 aromatic carbocycles. The summed E-state index contributed by atoms with van der Waals surface area (Å²) in [4.78, 5) is 57.8. The van der Waals surface area contributed by atoms with E-state index in [-0.39, 0.29) is 16.9 Å². The second-order valence-corrected chi connectivity index (χ2v) is 8.21. The average molecular weight is 534 g/mol. The van der Waals surface area contributed by atoms with E-state index in [1.54, 1.807) is 36.4 Å². The highest BCUT2D eigenvalue weighted by atomic mass is 16.6. The topological polar surface area (TPSA) is 195 Å². The van der Waals surface area contributed by atoms with Crippen molar-refractivity contribution in [3.63, 3.8) is 0 Å². The zero-order chi connectivity index (χ0) is 27.9. The van der Waals surface area contributed by atoms with Gasteiger partial charge in [-0.15, -0.1) is 0 Å². The van der Waals surface area contributed by atoms with Crippen LogP contribution in [-0.2, 0) is 19.0 Å². The fourth-order valence-corrected chi connectivity index (χ4v) is 3.99. The van der Waals surface area contributed by atoms with Crippen LogP contribution in [0.25, 0.3) is 10.4 Å². The van der Waals surface area contributed by atoms with Gasteiger partial charge in [-0.05, 0) is 35.9 Å². The third kappa shape index (κ3) is 5.87. The number of carboxylic acids is 1. The quantitative estimate of drug-likeness (QED) is 0.187. The van der Waals surface area contributed by atoms with E-state index in [1.165, 1.54) is 43.6 Å². The van der Waals surface area contributed by atoms with Crippen LogP contribution in [0, 0.1) is 0 Å². The van der Waals surface area contributed by atoms with Crippen molar-refractivity contribution in [2.45, 2.75) is 30.6 Å². The summed E-state index contributed by atoms with van der Waals surface area (Å²) >= 11 is 0.